The molecule has 5 nitrogen and oxygen atoms in total. The van der Waals surface area contributed by atoms with E-state index >= 15 is 0 Å². The van der Waals surface area contributed by atoms with Crippen LogP contribution in [0.25, 0.3) is 10.7 Å². The Labute approximate surface area is 154 Å². The maximum absolute atomic E-state index is 13.0. The number of fused-ring (bicyclic) bond motifs is 1. The molecule has 0 fully saturated rings. The monoisotopic (exact) mass is 370 g/mol. The number of carbonyl (C=O) groups is 1. The fraction of sp³-hybridized carbons (Fsp3) is 0.167. The van der Waals surface area contributed by atoms with Crippen molar-refractivity contribution in [2.75, 3.05) is 29.9 Å². The zero-order valence-electron chi connectivity index (χ0n) is 13.5. The van der Waals surface area contributed by atoms with Crippen molar-refractivity contribution in [2.45, 2.75) is 0 Å². The molecule has 7 heteroatoms. The van der Waals surface area contributed by atoms with Gasteiger partial charge in [-0.15, -0.1) is 11.3 Å². The molecule has 0 unspecified atom stereocenters. The van der Waals surface area contributed by atoms with Crippen LogP contribution in [0.4, 0.5) is 11.4 Å². The summed E-state index contributed by atoms with van der Waals surface area (Å²) < 4.78 is 0. The van der Waals surface area contributed by atoms with Gasteiger partial charge in [0.25, 0.3) is 5.91 Å². The van der Waals surface area contributed by atoms with E-state index in [0.29, 0.717) is 17.3 Å². The smallest absolute Gasteiger partial charge is 0.277 e. The minimum atomic E-state index is -0.116. The van der Waals surface area contributed by atoms with Gasteiger partial charge in [0.1, 0.15) is 10.7 Å². The van der Waals surface area contributed by atoms with Crippen molar-refractivity contribution in [3.05, 3.63) is 58.7 Å². The number of thiazole rings is 1. The van der Waals surface area contributed by atoms with Crippen LogP contribution in [-0.4, -0.2) is 36.0 Å². The van der Waals surface area contributed by atoms with Crippen molar-refractivity contribution in [1.82, 2.24) is 9.97 Å². The minimum Gasteiger partial charge on any atom is -0.371 e. The average molecular weight is 371 g/mol. The molecule has 4 rings (SSSR count). The minimum absolute atomic E-state index is 0.116. The van der Waals surface area contributed by atoms with Crippen LogP contribution in [0.15, 0.2) is 48.0 Å². The number of likely N-dealkylation sites (N-methyl/N-ethyl adjacent to an activating group) is 1. The first-order valence-corrected chi connectivity index (χ1v) is 9.09. The zero-order chi connectivity index (χ0) is 17.4. The summed E-state index contributed by atoms with van der Waals surface area (Å²) in [6.45, 7) is 1.36. The highest BCUT2D eigenvalue weighted by molar-refractivity contribution is 7.13. The number of halogens is 1. The van der Waals surface area contributed by atoms with Crippen LogP contribution < -0.4 is 9.80 Å². The Morgan fingerprint density at radius 3 is 2.88 bits per heavy atom. The Balaban J connectivity index is 1.68. The van der Waals surface area contributed by atoms with Gasteiger partial charge in [-0.05, 0) is 30.3 Å². The molecule has 0 N–H and O–H groups in total. The van der Waals surface area contributed by atoms with Gasteiger partial charge in [0.15, 0.2) is 0 Å². The first kappa shape index (κ1) is 16.1. The summed E-state index contributed by atoms with van der Waals surface area (Å²) in [7, 11) is 2.01. The lowest BCUT2D eigenvalue weighted by Crippen LogP contribution is -2.42. The molecule has 0 atom stereocenters. The predicted molar refractivity (Wildman–Crippen MR) is 102 cm³/mol. The highest BCUT2D eigenvalue weighted by Gasteiger charge is 2.27. The summed E-state index contributed by atoms with van der Waals surface area (Å²) in [6.07, 6.45) is 1.72. The van der Waals surface area contributed by atoms with E-state index in [1.54, 1.807) is 16.5 Å². The Bertz CT molecular complexity index is 928. The highest BCUT2D eigenvalue weighted by Crippen LogP contribution is 2.35. The number of hydrogen-bond donors (Lipinski definition) is 0. The van der Waals surface area contributed by atoms with E-state index in [1.807, 2.05) is 43.4 Å². The van der Waals surface area contributed by atoms with E-state index in [0.717, 1.165) is 28.6 Å². The second-order valence-electron chi connectivity index (χ2n) is 5.76. The van der Waals surface area contributed by atoms with Gasteiger partial charge in [0, 0.05) is 36.7 Å². The standard InChI is InChI=1S/C18H15ClN4OS/c1-22-8-9-23(16-10-12(19)5-6-15(16)22)18(24)14-11-25-17(21-14)13-4-2-3-7-20-13/h2-7,10-11H,8-9H2,1H3. The van der Waals surface area contributed by atoms with Crippen molar-refractivity contribution in [3.63, 3.8) is 0 Å². The lowest BCUT2D eigenvalue weighted by Gasteiger charge is -2.35. The molecule has 1 amide bonds. The summed E-state index contributed by atoms with van der Waals surface area (Å²) in [5.74, 6) is -0.116. The van der Waals surface area contributed by atoms with Crippen LogP contribution in [-0.2, 0) is 0 Å². The fourth-order valence-corrected chi connectivity index (χ4v) is 3.79. The van der Waals surface area contributed by atoms with Gasteiger partial charge in [0.2, 0.25) is 0 Å². The van der Waals surface area contributed by atoms with E-state index in [1.165, 1.54) is 11.3 Å². The molecule has 1 aliphatic rings. The first-order valence-electron chi connectivity index (χ1n) is 7.83. The van der Waals surface area contributed by atoms with E-state index in [-0.39, 0.29) is 5.91 Å². The lowest BCUT2D eigenvalue weighted by atomic mass is 10.1. The molecule has 3 aromatic rings. The molecule has 1 aliphatic heterocycles. The number of benzene rings is 1. The molecule has 0 spiro atoms. The van der Waals surface area contributed by atoms with Crippen molar-refractivity contribution >= 4 is 40.2 Å². The molecular weight excluding hydrogens is 356 g/mol. The van der Waals surface area contributed by atoms with Crippen molar-refractivity contribution in [3.8, 4) is 10.7 Å². The second kappa shape index (κ2) is 6.46. The molecule has 0 saturated heterocycles. The largest absolute Gasteiger partial charge is 0.371 e. The van der Waals surface area contributed by atoms with Crippen molar-refractivity contribution in [1.29, 1.82) is 0 Å². The van der Waals surface area contributed by atoms with Crippen LogP contribution in [0.3, 0.4) is 0 Å². The number of nitrogens with zero attached hydrogens (tertiary/aromatic N) is 4. The topological polar surface area (TPSA) is 49.3 Å². The zero-order valence-corrected chi connectivity index (χ0v) is 15.1. The quantitative estimate of drug-likeness (QED) is 0.685. The van der Waals surface area contributed by atoms with Crippen molar-refractivity contribution < 1.29 is 4.79 Å². The van der Waals surface area contributed by atoms with Crippen LogP contribution in [0.5, 0.6) is 0 Å². The number of rotatable bonds is 2. The summed E-state index contributed by atoms with van der Waals surface area (Å²) in [6, 6.07) is 11.3. The van der Waals surface area contributed by atoms with Gasteiger partial charge in [-0.2, -0.15) is 0 Å². The van der Waals surface area contributed by atoms with Crippen LogP contribution in [0.2, 0.25) is 5.02 Å². The van der Waals surface area contributed by atoms with Gasteiger partial charge < -0.3 is 9.80 Å². The third-order valence-electron chi connectivity index (χ3n) is 4.15. The van der Waals surface area contributed by atoms with Gasteiger partial charge in [-0.3, -0.25) is 9.78 Å². The normalized spacial score (nSPS) is 13.7. The summed E-state index contributed by atoms with van der Waals surface area (Å²) >= 11 is 7.57. The molecule has 0 bridgehead atoms. The third-order valence-corrected chi connectivity index (χ3v) is 5.25. The molecule has 0 radical (unpaired) electrons. The van der Waals surface area contributed by atoms with Crippen LogP contribution >= 0.6 is 22.9 Å². The molecule has 0 saturated carbocycles. The van der Waals surface area contributed by atoms with Gasteiger partial charge >= 0.3 is 0 Å². The number of anilines is 2. The van der Waals surface area contributed by atoms with Crippen LogP contribution in [0.1, 0.15) is 10.5 Å². The van der Waals surface area contributed by atoms with E-state index in [4.69, 9.17) is 11.6 Å². The van der Waals surface area contributed by atoms with E-state index in [2.05, 4.69) is 14.9 Å². The number of hydrogen-bond acceptors (Lipinski definition) is 5. The van der Waals surface area contributed by atoms with Crippen molar-refractivity contribution in [2.24, 2.45) is 0 Å². The molecule has 3 heterocycles. The molecule has 1 aromatic carbocycles. The summed E-state index contributed by atoms with van der Waals surface area (Å²) in [5, 5.41) is 3.14. The fourth-order valence-electron chi connectivity index (χ4n) is 2.85. The Hall–Kier alpha value is -2.44. The lowest BCUT2D eigenvalue weighted by molar-refractivity contribution is 0.0982. The molecule has 2 aromatic heterocycles. The van der Waals surface area contributed by atoms with Crippen LogP contribution in [0, 0.1) is 0 Å². The maximum Gasteiger partial charge on any atom is 0.277 e. The Kier molecular flexibility index (Phi) is 4.15. The SMILES string of the molecule is CN1CCN(C(=O)c2csc(-c3ccccn3)n2)c2cc(Cl)ccc21. The number of pyridine rings is 1. The molecule has 126 valence electrons. The molecule has 25 heavy (non-hydrogen) atoms. The number of aromatic nitrogens is 2. The first-order chi connectivity index (χ1) is 12.1. The molecular formula is C18H15ClN4OS. The average Bonchev–Trinajstić information content (AvgIpc) is 3.12. The molecule has 0 aliphatic carbocycles. The third kappa shape index (κ3) is 2.99. The summed E-state index contributed by atoms with van der Waals surface area (Å²) in [5.41, 5.74) is 3.01. The van der Waals surface area contributed by atoms with Gasteiger partial charge in [-0.1, -0.05) is 17.7 Å². The highest BCUT2D eigenvalue weighted by atomic mass is 35.5. The van der Waals surface area contributed by atoms with Gasteiger partial charge in [0.05, 0.1) is 17.1 Å². The van der Waals surface area contributed by atoms with E-state index < -0.39 is 0 Å². The number of carbonyl (C=O) groups excluding carboxylic acids is 1. The van der Waals surface area contributed by atoms with E-state index in [9.17, 15) is 4.79 Å². The Morgan fingerprint density at radius 2 is 2.08 bits per heavy atom. The maximum atomic E-state index is 13.0. The predicted octanol–water partition coefficient (Wildman–Crippen LogP) is 3.96. The second-order valence-corrected chi connectivity index (χ2v) is 7.06. The summed E-state index contributed by atoms with van der Waals surface area (Å²) in [4.78, 5) is 25.7. The van der Waals surface area contributed by atoms with Gasteiger partial charge in [-0.25, -0.2) is 4.98 Å². The number of amides is 1. The Morgan fingerprint density at radius 1 is 1.20 bits per heavy atom.